The highest BCUT2D eigenvalue weighted by Gasteiger charge is 2.29. The van der Waals surface area contributed by atoms with E-state index in [2.05, 4.69) is 45.5 Å². The summed E-state index contributed by atoms with van der Waals surface area (Å²) in [6, 6.07) is 0. The van der Waals surface area contributed by atoms with E-state index in [0.717, 1.165) is 57.3 Å². The fourth-order valence-electron chi connectivity index (χ4n) is 4.64. The maximum Gasteiger partial charge on any atom is 0.225 e. The first-order valence-electron chi connectivity index (χ1n) is 10.8. The van der Waals surface area contributed by atoms with Crippen LogP contribution in [0.5, 0.6) is 0 Å². The zero-order valence-electron chi connectivity index (χ0n) is 17.9. The molecule has 28 heavy (non-hydrogen) atoms. The third-order valence-corrected chi connectivity index (χ3v) is 6.24. The molecule has 0 aromatic carbocycles. The van der Waals surface area contributed by atoms with Crippen LogP contribution in [0.25, 0.3) is 0 Å². The molecular formula is C21H36N6O. The number of anilines is 1. The molecule has 0 aliphatic carbocycles. The smallest absolute Gasteiger partial charge is 0.225 e. The Bertz CT molecular complexity index is 650. The summed E-state index contributed by atoms with van der Waals surface area (Å²) in [6.45, 7) is 17.6. The first-order valence-corrected chi connectivity index (χ1v) is 10.8. The third kappa shape index (κ3) is 5.00. The first-order chi connectivity index (χ1) is 13.5. The fourth-order valence-corrected chi connectivity index (χ4v) is 4.64. The van der Waals surface area contributed by atoms with Crippen LogP contribution in [0, 0.1) is 5.41 Å². The molecule has 2 saturated heterocycles. The van der Waals surface area contributed by atoms with Crippen molar-refractivity contribution in [2.45, 2.75) is 26.9 Å². The molecule has 0 saturated carbocycles. The molecule has 2 fully saturated rings. The Morgan fingerprint density at radius 3 is 2.29 bits per heavy atom. The van der Waals surface area contributed by atoms with Crippen molar-refractivity contribution in [3.05, 3.63) is 17.5 Å². The van der Waals surface area contributed by atoms with Crippen LogP contribution in [0.2, 0.25) is 0 Å². The van der Waals surface area contributed by atoms with Gasteiger partial charge in [-0.2, -0.15) is 0 Å². The highest BCUT2D eigenvalue weighted by molar-refractivity contribution is 5.34. The van der Waals surface area contributed by atoms with Gasteiger partial charge in [-0.3, -0.25) is 4.90 Å². The Labute approximate surface area is 169 Å². The number of aromatic nitrogens is 2. The molecule has 7 nitrogen and oxygen atoms in total. The summed E-state index contributed by atoms with van der Waals surface area (Å²) in [5.74, 6) is 0.900. The van der Waals surface area contributed by atoms with Gasteiger partial charge >= 0.3 is 0 Å². The van der Waals surface area contributed by atoms with Crippen molar-refractivity contribution in [3.8, 4) is 0 Å². The second-order valence-electron chi connectivity index (χ2n) is 9.45. The lowest BCUT2D eigenvalue weighted by molar-refractivity contribution is 0.0832. The van der Waals surface area contributed by atoms with Gasteiger partial charge in [0.15, 0.2) is 0 Å². The lowest BCUT2D eigenvalue weighted by Gasteiger charge is -2.42. The molecule has 4 heterocycles. The molecule has 156 valence electrons. The van der Waals surface area contributed by atoms with Gasteiger partial charge in [0.1, 0.15) is 0 Å². The minimum absolute atomic E-state index is 0.320. The van der Waals surface area contributed by atoms with E-state index in [1.807, 2.05) is 6.20 Å². The molecule has 0 N–H and O–H groups in total. The topological polar surface area (TPSA) is 48.0 Å². The fraction of sp³-hybridized carbons (Fsp3) is 0.810. The first kappa shape index (κ1) is 20.0. The van der Waals surface area contributed by atoms with Crippen molar-refractivity contribution in [1.82, 2.24) is 24.7 Å². The van der Waals surface area contributed by atoms with E-state index in [0.29, 0.717) is 12.0 Å². The van der Waals surface area contributed by atoms with Gasteiger partial charge in [0.05, 0.1) is 18.9 Å². The van der Waals surface area contributed by atoms with Crippen molar-refractivity contribution in [1.29, 1.82) is 0 Å². The molecule has 0 bridgehead atoms. The minimum Gasteiger partial charge on any atom is -0.376 e. The van der Waals surface area contributed by atoms with Crippen LogP contribution < -0.4 is 4.90 Å². The van der Waals surface area contributed by atoms with Crippen LogP contribution in [0.15, 0.2) is 6.20 Å². The zero-order valence-corrected chi connectivity index (χ0v) is 17.9. The zero-order chi connectivity index (χ0) is 19.6. The minimum atomic E-state index is 0.320. The van der Waals surface area contributed by atoms with Crippen molar-refractivity contribution >= 4 is 5.95 Å². The maximum absolute atomic E-state index is 5.50. The number of ether oxygens (including phenoxy) is 1. The van der Waals surface area contributed by atoms with Crippen LogP contribution in [-0.4, -0.2) is 104 Å². The van der Waals surface area contributed by atoms with Crippen LogP contribution in [0.1, 0.15) is 25.1 Å². The van der Waals surface area contributed by atoms with Gasteiger partial charge in [-0.05, 0) is 12.5 Å². The average Bonchev–Trinajstić information content (AvgIpc) is 2.69. The van der Waals surface area contributed by atoms with Crippen molar-refractivity contribution < 1.29 is 4.74 Å². The van der Waals surface area contributed by atoms with Crippen LogP contribution >= 0.6 is 0 Å². The van der Waals surface area contributed by atoms with Gasteiger partial charge in [0, 0.05) is 83.6 Å². The van der Waals surface area contributed by atoms with E-state index in [1.54, 1.807) is 0 Å². The molecule has 0 amide bonds. The van der Waals surface area contributed by atoms with E-state index in [4.69, 9.17) is 9.72 Å². The molecule has 3 aliphatic rings. The molecule has 0 atom stereocenters. The normalized spacial score (nSPS) is 23.0. The van der Waals surface area contributed by atoms with Gasteiger partial charge in [0.25, 0.3) is 0 Å². The molecule has 1 aromatic rings. The number of piperazine rings is 2. The van der Waals surface area contributed by atoms with E-state index >= 15 is 0 Å². The van der Waals surface area contributed by atoms with E-state index in [1.165, 1.54) is 38.4 Å². The van der Waals surface area contributed by atoms with Gasteiger partial charge in [-0.15, -0.1) is 0 Å². The van der Waals surface area contributed by atoms with Gasteiger partial charge in [0.2, 0.25) is 5.95 Å². The van der Waals surface area contributed by atoms with E-state index in [-0.39, 0.29) is 0 Å². The third-order valence-electron chi connectivity index (χ3n) is 6.24. The number of hydrogen-bond acceptors (Lipinski definition) is 7. The summed E-state index contributed by atoms with van der Waals surface area (Å²) in [4.78, 5) is 19.5. The molecule has 0 unspecified atom stereocenters. The van der Waals surface area contributed by atoms with Gasteiger partial charge < -0.3 is 19.4 Å². The van der Waals surface area contributed by atoms with Crippen LogP contribution in [0.4, 0.5) is 5.95 Å². The summed E-state index contributed by atoms with van der Waals surface area (Å²) in [5.41, 5.74) is 2.65. The Kier molecular flexibility index (Phi) is 6.16. The Hall–Kier alpha value is -1.28. The van der Waals surface area contributed by atoms with Crippen molar-refractivity contribution in [2.75, 3.05) is 84.0 Å². The van der Waals surface area contributed by atoms with Crippen LogP contribution in [-0.2, 0) is 17.8 Å². The lowest BCUT2D eigenvalue weighted by atomic mass is 9.91. The lowest BCUT2D eigenvalue weighted by Crippen LogP contribution is -2.53. The second-order valence-corrected chi connectivity index (χ2v) is 9.45. The predicted molar refractivity (Wildman–Crippen MR) is 112 cm³/mol. The summed E-state index contributed by atoms with van der Waals surface area (Å²) < 4.78 is 5.50. The Balaban J connectivity index is 1.27. The molecule has 7 heteroatoms. The summed E-state index contributed by atoms with van der Waals surface area (Å²) in [6.07, 6.45) is 2.87. The van der Waals surface area contributed by atoms with Crippen molar-refractivity contribution in [3.63, 3.8) is 0 Å². The maximum atomic E-state index is 5.50. The number of rotatable bonds is 5. The van der Waals surface area contributed by atoms with Gasteiger partial charge in [-0.25, -0.2) is 9.97 Å². The SMILES string of the molecule is CN1CCN(CC(C)(C)CN2CCN(c3ncc4c(n3)CCOC4)CC2)CC1. The number of nitrogens with zero attached hydrogens (tertiary/aromatic N) is 6. The highest BCUT2D eigenvalue weighted by Crippen LogP contribution is 2.22. The standard InChI is InChI=1S/C21H36N6O/c1-21(2,16-25-7-5-24(3)6-8-25)17-26-9-11-27(12-10-26)20-22-14-18-15-28-13-4-19(18)23-20/h14H,4-13,15-17H2,1-3H3. The number of fused-ring (bicyclic) bond motifs is 1. The quantitative estimate of drug-likeness (QED) is 0.744. The molecular weight excluding hydrogens is 352 g/mol. The number of hydrogen-bond donors (Lipinski definition) is 0. The van der Waals surface area contributed by atoms with E-state index in [9.17, 15) is 0 Å². The van der Waals surface area contributed by atoms with E-state index < -0.39 is 0 Å². The van der Waals surface area contributed by atoms with Crippen LogP contribution in [0.3, 0.4) is 0 Å². The monoisotopic (exact) mass is 388 g/mol. The predicted octanol–water partition coefficient (Wildman–Crippen LogP) is 0.945. The van der Waals surface area contributed by atoms with Crippen molar-refractivity contribution in [2.24, 2.45) is 5.41 Å². The summed E-state index contributed by atoms with van der Waals surface area (Å²) in [7, 11) is 2.22. The average molecular weight is 389 g/mol. The molecule has 1 aromatic heterocycles. The summed E-state index contributed by atoms with van der Waals surface area (Å²) >= 11 is 0. The molecule has 4 rings (SSSR count). The number of likely N-dealkylation sites (N-methyl/N-ethyl adjacent to an activating group) is 1. The second kappa shape index (κ2) is 8.61. The summed E-state index contributed by atoms with van der Waals surface area (Å²) in [5, 5.41) is 0. The largest absolute Gasteiger partial charge is 0.376 e. The molecule has 0 spiro atoms. The Morgan fingerprint density at radius 1 is 0.964 bits per heavy atom. The highest BCUT2D eigenvalue weighted by atomic mass is 16.5. The molecule has 3 aliphatic heterocycles. The molecule has 0 radical (unpaired) electrons. The van der Waals surface area contributed by atoms with Gasteiger partial charge in [-0.1, -0.05) is 13.8 Å². The Morgan fingerprint density at radius 2 is 1.61 bits per heavy atom.